The summed E-state index contributed by atoms with van der Waals surface area (Å²) in [4.78, 5) is 30.7. The molecular formula is C26H24ClFN2O3S. The summed E-state index contributed by atoms with van der Waals surface area (Å²) in [5.41, 5.74) is 1.88. The van der Waals surface area contributed by atoms with Crippen LogP contribution in [0.2, 0.25) is 5.02 Å². The SMILES string of the molecule is C=CCN(CC(=O)N1CCc2sccc2C1c1ccc(F)cc1)C(=O)COc1ccc(Cl)cc1. The van der Waals surface area contributed by atoms with Crippen LogP contribution in [-0.2, 0) is 16.0 Å². The summed E-state index contributed by atoms with van der Waals surface area (Å²) in [5, 5.41) is 2.58. The van der Waals surface area contributed by atoms with E-state index < -0.39 is 0 Å². The van der Waals surface area contributed by atoms with Crippen LogP contribution in [0.4, 0.5) is 4.39 Å². The van der Waals surface area contributed by atoms with Gasteiger partial charge in [0, 0.05) is 23.0 Å². The van der Waals surface area contributed by atoms with Crippen LogP contribution >= 0.6 is 22.9 Å². The molecule has 0 saturated carbocycles. The third kappa shape index (κ3) is 5.48. The quantitative estimate of drug-likeness (QED) is 0.406. The van der Waals surface area contributed by atoms with Crippen molar-refractivity contribution in [3.8, 4) is 5.75 Å². The highest BCUT2D eigenvalue weighted by Crippen LogP contribution is 2.37. The van der Waals surface area contributed by atoms with Gasteiger partial charge in [0.05, 0.1) is 6.04 Å². The third-order valence-corrected chi connectivity index (χ3v) is 6.92. The van der Waals surface area contributed by atoms with Crippen molar-refractivity contribution in [2.24, 2.45) is 0 Å². The van der Waals surface area contributed by atoms with Crippen molar-refractivity contribution >= 4 is 34.8 Å². The second-order valence-electron chi connectivity index (χ2n) is 7.90. The summed E-state index contributed by atoms with van der Waals surface area (Å²) in [6.07, 6.45) is 2.32. The van der Waals surface area contributed by atoms with Crippen molar-refractivity contribution in [1.29, 1.82) is 0 Å². The third-order valence-electron chi connectivity index (χ3n) is 5.68. The molecule has 4 rings (SSSR count). The minimum absolute atomic E-state index is 0.105. The summed E-state index contributed by atoms with van der Waals surface area (Å²) in [5.74, 6) is -0.325. The van der Waals surface area contributed by atoms with Crippen LogP contribution < -0.4 is 4.74 Å². The van der Waals surface area contributed by atoms with Crippen molar-refractivity contribution in [3.05, 3.63) is 99.5 Å². The number of carbonyl (C=O) groups excluding carboxylic acids is 2. The molecule has 0 aliphatic carbocycles. The van der Waals surface area contributed by atoms with E-state index in [-0.39, 0.29) is 43.4 Å². The smallest absolute Gasteiger partial charge is 0.261 e. The molecule has 2 aromatic carbocycles. The van der Waals surface area contributed by atoms with E-state index in [9.17, 15) is 14.0 Å². The number of hydrogen-bond donors (Lipinski definition) is 0. The lowest BCUT2D eigenvalue weighted by molar-refractivity contribution is -0.142. The van der Waals surface area contributed by atoms with Gasteiger partial charge in [-0.05, 0) is 65.4 Å². The number of ether oxygens (including phenoxy) is 1. The topological polar surface area (TPSA) is 49.9 Å². The van der Waals surface area contributed by atoms with Crippen molar-refractivity contribution in [1.82, 2.24) is 9.80 Å². The van der Waals surface area contributed by atoms with E-state index in [1.54, 1.807) is 58.7 Å². The Morgan fingerprint density at radius 2 is 1.91 bits per heavy atom. The first-order chi connectivity index (χ1) is 16.5. The number of nitrogens with zero attached hydrogens (tertiary/aromatic N) is 2. The highest BCUT2D eigenvalue weighted by atomic mass is 35.5. The zero-order valence-electron chi connectivity index (χ0n) is 18.5. The summed E-state index contributed by atoms with van der Waals surface area (Å²) in [7, 11) is 0. The van der Waals surface area contributed by atoms with Crippen molar-refractivity contribution in [2.75, 3.05) is 26.2 Å². The van der Waals surface area contributed by atoms with Gasteiger partial charge in [0.2, 0.25) is 5.91 Å². The number of benzene rings is 2. The molecule has 0 saturated heterocycles. The molecule has 0 N–H and O–H groups in total. The lowest BCUT2D eigenvalue weighted by atomic mass is 9.93. The summed E-state index contributed by atoms with van der Waals surface area (Å²) in [6.45, 7) is 4.14. The Labute approximate surface area is 207 Å². The van der Waals surface area contributed by atoms with Gasteiger partial charge in [0.15, 0.2) is 6.61 Å². The maximum Gasteiger partial charge on any atom is 0.261 e. The summed E-state index contributed by atoms with van der Waals surface area (Å²) >= 11 is 7.54. The average Bonchev–Trinajstić information content (AvgIpc) is 3.32. The van der Waals surface area contributed by atoms with Crippen LogP contribution in [0.3, 0.4) is 0 Å². The molecule has 0 radical (unpaired) electrons. The Balaban J connectivity index is 1.49. The fraction of sp³-hybridized carbons (Fsp3) is 0.231. The van der Waals surface area contributed by atoms with Gasteiger partial charge in [-0.25, -0.2) is 4.39 Å². The molecule has 1 unspecified atom stereocenters. The molecule has 1 aliphatic rings. The van der Waals surface area contributed by atoms with Crippen molar-refractivity contribution < 1.29 is 18.7 Å². The molecule has 8 heteroatoms. The predicted molar refractivity (Wildman–Crippen MR) is 132 cm³/mol. The fourth-order valence-corrected chi connectivity index (χ4v) is 5.05. The van der Waals surface area contributed by atoms with Crippen molar-refractivity contribution in [3.63, 3.8) is 0 Å². The number of halogens is 2. The first kappa shape index (κ1) is 24.0. The molecule has 2 heterocycles. The van der Waals surface area contributed by atoms with Gasteiger partial charge < -0.3 is 14.5 Å². The lowest BCUT2D eigenvalue weighted by Gasteiger charge is -2.37. The minimum Gasteiger partial charge on any atom is -0.484 e. The number of carbonyl (C=O) groups is 2. The number of rotatable bonds is 8. The Bertz CT molecular complexity index is 1160. The molecule has 176 valence electrons. The van der Waals surface area contributed by atoms with E-state index in [4.69, 9.17) is 16.3 Å². The number of amides is 2. The van der Waals surface area contributed by atoms with Crippen molar-refractivity contribution in [2.45, 2.75) is 12.5 Å². The Kier molecular flexibility index (Phi) is 7.65. The van der Waals surface area contributed by atoms with E-state index in [0.29, 0.717) is 17.3 Å². The molecule has 1 atom stereocenters. The van der Waals surface area contributed by atoms with Gasteiger partial charge >= 0.3 is 0 Å². The van der Waals surface area contributed by atoms with Crippen LogP contribution in [0, 0.1) is 5.82 Å². The maximum atomic E-state index is 13.6. The highest BCUT2D eigenvalue weighted by molar-refractivity contribution is 7.10. The van der Waals surface area contributed by atoms with Gasteiger partial charge in [0.25, 0.3) is 5.91 Å². The van der Waals surface area contributed by atoms with Crippen LogP contribution in [0.5, 0.6) is 5.75 Å². The highest BCUT2D eigenvalue weighted by Gasteiger charge is 2.33. The molecule has 34 heavy (non-hydrogen) atoms. The van der Waals surface area contributed by atoms with Crippen LogP contribution in [-0.4, -0.2) is 47.9 Å². The molecule has 0 spiro atoms. The Morgan fingerprint density at radius 1 is 1.18 bits per heavy atom. The molecule has 5 nitrogen and oxygen atoms in total. The van der Waals surface area contributed by atoms with E-state index in [1.807, 2.05) is 11.4 Å². The largest absolute Gasteiger partial charge is 0.484 e. The Morgan fingerprint density at radius 3 is 2.62 bits per heavy atom. The zero-order chi connectivity index (χ0) is 24.1. The van der Waals surface area contributed by atoms with Crippen LogP contribution in [0.15, 0.2) is 72.6 Å². The van der Waals surface area contributed by atoms with Gasteiger partial charge in [0.1, 0.15) is 18.1 Å². The first-order valence-corrected chi connectivity index (χ1v) is 12.1. The van der Waals surface area contributed by atoms with E-state index in [0.717, 1.165) is 17.5 Å². The predicted octanol–water partition coefficient (Wildman–Crippen LogP) is 5.11. The van der Waals surface area contributed by atoms with Crippen LogP contribution in [0.25, 0.3) is 0 Å². The molecule has 3 aromatic rings. The molecule has 2 amide bonds. The Hall–Kier alpha value is -3.16. The zero-order valence-corrected chi connectivity index (χ0v) is 20.0. The minimum atomic E-state index is -0.327. The second-order valence-corrected chi connectivity index (χ2v) is 9.33. The number of hydrogen-bond acceptors (Lipinski definition) is 4. The molecular weight excluding hydrogens is 475 g/mol. The number of thiophene rings is 1. The maximum absolute atomic E-state index is 13.6. The fourth-order valence-electron chi connectivity index (χ4n) is 4.02. The van der Waals surface area contributed by atoms with E-state index in [2.05, 4.69) is 6.58 Å². The molecule has 0 fully saturated rings. The first-order valence-electron chi connectivity index (χ1n) is 10.8. The lowest BCUT2D eigenvalue weighted by Crippen LogP contribution is -2.47. The second kappa shape index (κ2) is 10.8. The normalized spacial score (nSPS) is 14.9. The summed E-state index contributed by atoms with van der Waals surface area (Å²) < 4.78 is 19.1. The monoisotopic (exact) mass is 498 g/mol. The molecule has 1 aliphatic heterocycles. The van der Waals surface area contributed by atoms with Crippen LogP contribution in [0.1, 0.15) is 22.0 Å². The number of fused-ring (bicyclic) bond motifs is 1. The van der Waals surface area contributed by atoms with E-state index >= 15 is 0 Å². The standard InChI is InChI=1S/C26H24ClFN2O3S/c1-2-13-29(25(32)17-33-21-9-5-19(27)6-10-21)16-24(31)30-14-11-23-22(12-15-34-23)26(30)18-3-7-20(28)8-4-18/h2-10,12,15,26H,1,11,13-14,16-17H2. The average molecular weight is 499 g/mol. The molecule has 0 bridgehead atoms. The summed E-state index contributed by atoms with van der Waals surface area (Å²) in [6, 6.07) is 14.6. The molecule has 1 aromatic heterocycles. The van der Waals surface area contributed by atoms with E-state index in [1.165, 1.54) is 21.9 Å². The van der Waals surface area contributed by atoms with Gasteiger partial charge in [-0.15, -0.1) is 17.9 Å². The van der Waals surface area contributed by atoms with Gasteiger partial charge in [-0.3, -0.25) is 9.59 Å². The van der Waals surface area contributed by atoms with Gasteiger partial charge in [-0.2, -0.15) is 0 Å². The van der Waals surface area contributed by atoms with Gasteiger partial charge in [-0.1, -0.05) is 29.8 Å².